The molecule has 1 aliphatic carbocycles. The SMILES string of the molecule is Cc1ccc(C(C)C2C=CC=C(C#N)C=C2)nc1. The molecule has 2 rings (SSSR count). The summed E-state index contributed by atoms with van der Waals surface area (Å²) < 4.78 is 0. The summed E-state index contributed by atoms with van der Waals surface area (Å²) >= 11 is 0. The first kappa shape index (κ1) is 12.3. The first-order chi connectivity index (χ1) is 8.70. The number of hydrogen-bond donors (Lipinski definition) is 0. The van der Waals surface area contributed by atoms with Crippen molar-refractivity contribution in [2.24, 2.45) is 5.92 Å². The quantitative estimate of drug-likeness (QED) is 0.785. The van der Waals surface area contributed by atoms with Gasteiger partial charge in [0, 0.05) is 23.7 Å². The summed E-state index contributed by atoms with van der Waals surface area (Å²) in [6.45, 7) is 4.20. The first-order valence-corrected chi connectivity index (χ1v) is 6.10. The first-order valence-electron chi connectivity index (χ1n) is 6.10. The van der Waals surface area contributed by atoms with E-state index in [2.05, 4.69) is 42.3 Å². The van der Waals surface area contributed by atoms with Crippen molar-refractivity contribution < 1.29 is 0 Å². The smallest absolute Gasteiger partial charge is 0.0991 e. The lowest BCUT2D eigenvalue weighted by Crippen LogP contribution is -2.06. The van der Waals surface area contributed by atoms with Gasteiger partial charge in [0.1, 0.15) is 0 Å². The number of aryl methyl sites for hydroxylation is 1. The normalized spacial score (nSPS) is 19.8. The Morgan fingerprint density at radius 2 is 2.17 bits per heavy atom. The predicted octanol–water partition coefficient (Wildman–Crippen LogP) is 3.69. The minimum Gasteiger partial charge on any atom is -0.261 e. The molecule has 1 aliphatic rings. The molecule has 2 unspecified atom stereocenters. The van der Waals surface area contributed by atoms with E-state index in [0.29, 0.717) is 11.5 Å². The number of nitrogens with zero attached hydrogens (tertiary/aromatic N) is 2. The molecule has 0 spiro atoms. The zero-order chi connectivity index (χ0) is 13.0. The Hall–Kier alpha value is -2.14. The Morgan fingerprint density at radius 1 is 1.33 bits per heavy atom. The zero-order valence-electron chi connectivity index (χ0n) is 10.7. The topological polar surface area (TPSA) is 36.7 Å². The number of rotatable bonds is 2. The second-order valence-electron chi connectivity index (χ2n) is 4.60. The molecule has 0 saturated heterocycles. The summed E-state index contributed by atoms with van der Waals surface area (Å²) in [4.78, 5) is 4.47. The van der Waals surface area contributed by atoms with Crippen molar-refractivity contribution >= 4 is 0 Å². The van der Waals surface area contributed by atoms with E-state index in [1.165, 1.54) is 5.56 Å². The summed E-state index contributed by atoms with van der Waals surface area (Å²) in [6.07, 6.45) is 11.8. The van der Waals surface area contributed by atoms with Crippen LogP contribution in [-0.2, 0) is 0 Å². The van der Waals surface area contributed by atoms with Crippen LogP contribution in [0.15, 0.2) is 54.3 Å². The Kier molecular flexibility index (Phi) is 3.74. The summed E-state index contributed by atoms with van der Waals surface area (Å²) in [6, 6.07) is 6.32. The molecule has 90 valence electrons. The molecule has 0 fully saturated rings. The van der Waals surface area contributed by atoms with Gasteiger partial charge in [-0.2, -0.15) is 5.26 Å². The fourth-order valence-electron chi connectivity index (χ4n) is 1.98. The highest BCUT2D eigenvalue weighted by atomic mass is 14.7. The third-order valence-electron chi connectivity index (χ3n) is 3.21. The largest absolute Gasteiger partial charge is 0.261 e. The fourth-order valence-corrected chi connectivity index (χ4v) is 1.98. The Labute approximate surface area is 108 Å². The van der Waals surface area contributed by atoms with E-state index in [1.807, 2.05) is 31.3 Å². The van der Waals surface area contributed by atoms with Crippen molar-refractivity contribution in [3.63, 3.8) is 0 Å². The molecule has 2 nitrogen and oxygen atoms in total. The van der Waals surface area contributed by atoms with Crippen molar-refractivity contribution in [3.8, 4) is 6.07 Å². The van der Waals surface area contributed by atoms with E-state index in [0.717, 1.165) is 5.69 Å². The van der Waals surface area contributed by atoms with E-state index in [9.17, 15) is 0 Å². The van der Waals surface area contributed by atoms with E-state index in [1.54, 1.807) is 0 Å². The molecule has 1 aromatic heterocycles. The third-order valence-corrected chi connectivity index (χ3v) is 3.21. The van der Waals surface area contributed by atoms with Crippen LogP contribution in [0.5, 0.6) is 0 Å². The number of nitriles is 1. The molecule has 0 saturated carbocycles. The highest BCUT2D eigenvalue weighted by Crippen LogP contribution is 2.26. The van der Waals surface area contributed by atoms with Crippen molar-refractivity contribution in [3.05, 3.63) is 65.5 Å². The van der Waals surface area contributed by atoms with E-state index >= 15 is 0 Å². The van der Waals surface area contributed by atoms with Gasteiger partial charge in [-0.15, -0.1) is 0 Å². The van der Waals surface area contributed by atoms with Gasteiger partial charge >= 0.3 is 0 Å². The fraction of sp³-hybridized carbons (Fsp3) is 0.250. The van der Waals surface area contributed by atoms with E-state index < -0.39 is 0 Å². The Morgan fingerprint density at radius 3 is 2.83 bits per heavy atom. The molecule has 18 heavy (non-hydrogen) atoms. The average molecular weight is 236 g/mol. The van der Waals surface area contributed by atoms with Crippen LogP contribution in [0, 0.1) is 24.2 Å². The van der Waals surface area contributed by atoms with E-state index in [4.69, 9.17) is 5.26 Å². The van der Waals surface area contributed by atoms with Crippen LogP contribution in [0.4, 0.5) is 0 Å². The van der Waals surface area contributed by atoms with Crippen LogP contribution in [-0.4, -0.2) is 4.98 Å². The molecular formula is C16H16N2. The molecule has 1 aromatic rings. The molecular weight excluding hydrogens is 220 g/mol. The maximum Gasteiger partial charge on any atom is 0.0991 e. The summed E-state index contributed by atoms with van der Waals surface area (Å²) in [5.74, 6) is 0.590. The van der Waals surface area contributed by atoms with Gasteiger partial charge in [0.15, 0.2) is 0 Å². The molecule has 0 aromatic carbocycles. The van der Waals surface area contributed by atoms with Gasteiger partial charge < -0.3 is 0 Å². The van der Waals surface area contributed by atoms with Crippen molar-refractivity contribution in [1.29, 1.82) is 5.26 Å². The van der Waals surface area contributed by atoms with Crippen LogP contribution in [0.3, 0.4) is 0 Å². The van der Waals surface area contributed by atoms with Gasteiger partial charge in [-0.05, 0) is 30.7 Å². The lowest BCUT2D eigenvalue weighted by molar-refractivity contribution is 0.629. The minimum absolute atomic E-state index is 0.280. The molecule has 0 N–H and O–H groups in total. The molecule has 2 atom stereocenters. The van der Waals surface area contributed by atoms with Gasteiger partial charge in [-0.1, -0.05) is 31.2 Å². The van der Waals surface area contributed by atoms with Crippen LogP contribution in [0.1, 0.15) is 24.1 Å². The maximum absolute atomic E-state index is 8.87. The lowest BCUT2D eigenvalue weighted by Gasteiger charge is -2.16. The van der Waals surface area contributed by atoms with E-state index in [-0.39, 0.29) is 5.92 Å². The van der Waals surface area contributed by atoms with Crippen molar-refractivity contribution in [2.45, 2.75) is 19.8 Å². The minimum atomic E-state index is 0.280. The molecule has 0 amide bonds. The zero-order valence-corrected chi connectivity index (χ0v) is 10.7. The molecule has 0 aliphatic heterocycles. The van der Waals surface area contributed by atoms with Crippen LogP contribution >= 0.6 is 0 Å². The lowest BCUT2D eigenvalue weighted by atomic mass is 9.90. The summed E-state index contributed by atoms with van der Waals surface area (Å²) in [5, 5.41) is 8.87. The third kappa shape index (κ3) is 2.75. The van der Waals surface area contributed by atoms with Crippen molar-refractivity contribution in [1.82, 2.24) is 4.98 Å². The Bertz CT molecular complexity index is 541. The highest BCUT2D eigenvalue weighted by Gasteiger charge is 2.15. The van der Waals surface area contributed by atoms with Crippen LogP contribution in [0.2, 0.25) is 0 Å². The molecule has 2 heteroatoms. The maximum atomic E-state index is 8.87. The summed E-state index contributed by atoms with van der Waals surface area (Å²) in [5.41, 5.74) is 2.95. The van der Waals surface area contributed by atoms with Crippen molar-refractivity contribution in [2.75, 3.05) is 0 Å². The Balaban J connectivity index is 2.19. The predicted molar refractivity (Wildman–Crippen MR) is 72.9 cm³/mol. The number of aromatic nitrogens is 1. The van der Waals surface area contributed by atoms with Gasteiger partial charge in [-0.3, -0.25) is 4.98 Å². The summed E-state index contributed by atoms with van der Waals surface area (Å²) in [7, 11) is 0. The van der Waals surface area contributed by atoms with Crippen LogP contribution in [0.25, 0.3) is 0 Å². The highest BCUT2D eigenvalue weighted by molar-refractivity contribution is 5.39. The number of pyridine rings is 1. The molecule has 1 heterocycles. The second kappa shape index (κ2) is 5.46. The van der Waals surface area contributed by atoms with Gasteiger partial charge in [0.05, 0.1) is 11.6 Å². The number of allylic oxidation sites excluding steroid dienone is 6. The number of hydrogen-bond acceptors (Lipinski definition) is 2. The van der Waals surface area contributed by atoms with Gasteiger partial charge in [0.2, 0.25) is 0 Å². The monoisotopic (exact) mass is 236 g/mol. The van der Waals surface area contributed by atoms with Crippen LogP contribution < -0.4 is 0 Å². The van der Waals surface area contributed by atoms with Gasteiger partial charge in [0.25, 0.3) is 0 Å². The standard InChI is InChI=1S/C16H16N2/c1-12-6-9-16(18-11-12)13(2)15-5-3-4-14(10-17)7-8-15/h3-9,11,13,15H,1-2H3. The molecule has 0 radical (unpaired) electrons. The molecule has 0 bridgehead atoms. The second-order valence-corrected chi connectivity index (χ2v) is 4.60. The van der Waals surface area contributed by atoms with Gasteiger partial charge in [-0.25, -0.2) is 0 Å². The average Bonchev–Trinajstić information content (AvgIpc) is 2.64.